The van der Waals surface area contributed by atoms with Crippen LogP contribution in [0.2, 0.25) is 0 Å². The Morgan fingerprint density at radius 2 is 2.29 bits per heavy atom. The maximum absolute atomic E-state index is 5.99. The lowest BCUT2D eigenvalue weighted by Gasteiger charge is -2.38. The number of nitrogens with zero attached hydrogens (tertiary/aromatic N) is 1. The van der Waals surface area contributed by atoms with Crippen molar-refractivity contribution in [3.8, 4) is 0 Å². The van der Waals surface area contributed by atoms with Gasteiger partial charge >= 0.3 is 0 Å². The van der Waals surface area contributed by atoms with Gasteiger partial charge in [-0.2, -0.15) is 0 Å². The minimum absolute atomic E-state index is 0.373. The van der Waals surface area contributed by atoms with Crippen molar-refractivity contribution in [2.45, 2.75) is 38.3 Å². The van der Waals surface area contributed by atoms with Gasteiger partial charge in [0.25, 0.3) is 0 Å². The molecule has 5 heteroatoms. The van der Waals surface area contributed by atoms with Crippen LogP contribution in [0.4, 0.5) is 0 Å². The van der Waals surface area contributed by atoms with Crippen LogP contribution in [0.5, 0.6) is 0 Å². The minimum atomic E-state index is 0.373. The Morgan fingerprint density at radius 1 is 1.53 bits per heavy atom. The number of likely N-dealkylation sites (tertiary alicyclic amines) is 1. The van der Waals surface area contributed by atoms with Gasteiger partial charge in [0, 0.05) is 21.9 Å². The second kappa shape index (κ2) is 6.15. The monoisotopic (exact) mass is 380 g/mol. The molecule has 1 saturated heterocycles. The molecule has 1 aromatic rings. The average molecular weight is 382 g/mol. The molecule has 0 aliphatic carbocycles. The van der Waals surface area contributed by atoms with Crippen LogP contribution in [-0.4, -0.2) is 24.0 Å². The number of halogens is 2. The van der Waals surface area contributed by atoms with E-state index in [0.717, 1.165) is 8.26 Å². The largest absolute Gasteiger partial charge is 0.329 e. The first-order valence-electron chi connectivity index (χ1n) is 6.04. The molecule has 0 bridgehead atoms. The summed E-state index contributed by atoms with van der Waals surface area (Å²) in [6.07, 6.45) is 3.95. The molecule has 2 atom stereocenters. The third kappa shape index (κ3) is 3.13. The fourth-order valence-electron chi connectivity index (χ4n) is 2.53. The van der Waals surface area contributed by atoms with Crippen molar-refractivity contribution in [2.24, 2.45) is 5.73 Å². The lowest BCUT2D eigenvalue weighted by atomic mass is 10.0. The highest BCUT2D eigenvalue weighted by Gasteiger charge is 2.27. The van der Waals surface area contributed by atoms with Crippen molar-refractivity contribution < 1.29 is 0 Å². The van der Waals surface area contributed by atoms with Crippen LogP contribution in [-0.2, 0) is 0 Å². The van der Waals surface area contributed by atoms with E-state index in [1.54, 1.807) is 11.3 Å². The van der Waals surface area contributed by atoms with Crippen LogP contribution in [0.15, 0.2) is 14.3 Å². The SMILES string of the molecule is CC1CCCCN1C(CN)c1cc(Br)c(Br)s1. The number of hydrogen-bond donors (Lipinski definition) is 1. The van der Waals surface area contributed by atoms with Gasteiger partial charge in [0.15, 0.2) is 0 Å². The molecule has 2 nitrogen and oxygen atoms in total. The molecule has 1 fully saturated rings. The normalized spacial score (nSPS) is 23.9. The van der Waals surface area contributed by atoms with Gasteiger partial charge in [-0.3, -0.25) is 4.90 Å². The molecule has 0 amide bonds. The fraction of sp³-hybridized carbons (Fsp3) is 0.667. The molecular weight excluding hydrogens is 364 g/mol. The zero-order valence-corrected chi connectivity index (χ0v) is 13.9. The second-order valence-corrected chi connectivity index (χ2v) is 7.86. The first-order valence-corrected chi connectivity index (χ1v) is 8.44. The molecule has 17 heavy (non-hydrogen) atoms. The molecule has 2 heterocycles. The molecule has 1 aromatic heterocycles. The molecule has 0 radical (unpaired) electrons. The maximum Gasteiger partial charge on any atom is 0.0843 e. The summed E-state index contributed by atoms with van der Waals surface area (Å²) in [5.41, 5.74) is 5.99. The zero-order chi connectivity index (χ0) is 12.4. The fourth-order valence-corrected chi connectivity index (χ4v) is 4.75. The summed E-state index contributed by atoms with van der Waals surface area (Å²) >= 11 is 8.91. The van der Waals surface area contributed by atoms with E-state index in [0.29, 0.717) is 18.6 Å². The van der Waals surface area contributed by atoms with Crippen molar-refractivity contribution in [3.05, 3.63) is 19.2 Å². The number of rotatable bonds is 3. The standard InChI is InChI=1S/C12H18Br2N2S/c1-8-4-2-3-5-16(8)10(7-15)11-6-9(13)12(14)17-11/h6,8,10H,2-5,7,15H2,1H3. The van der Waals surface area contributed by atoms with Crippen LogP contribution >= 0.6 is 43.2 Å². The average Bonchev–Trinajstić information content (AvgIpc) is 2.63. The van der Waals surface area contributed by atoms with Crippen LogP contribution in [0.1, 0.15) is 37.1 Å². The second-order valence-electron chi connectivity index (χ2n) is 4.60. The Labute approximate surface area is 124 Å². The topological polar surface area (TPSA) is 29.3 Å². The summed E-state index contributed by atoms with van der Waals surface area (Å²) in [6.45, 7) is 4.19. The Bertz CT molecular complexity index is 361. The molecule has 1 aliphatic heterocycles. The number of piperidine rings is 1. The molecule has 1 aliphatic rings. The first kappa shape index (κ1) is 14.0. The Kier molecular flexibility index (Phi) is 5.06. The molecule has 0 aromatic carbocycles. The lowest BCUT2D eigenvalue weighted by Crippen LogP contribution is -2.42. The predicted octanol–water partition coefficient (Wildman–Crippen LogP) is 4.15. The molecular formula is C12H18Br2N2S. The molecule has 2 rings (SSSR count). The van der Waals surface area contributed by atoms with Gasteiger partial charge in [-0.25, -0.2) is 0 Å². The van der Waals surface area contributed by atoms with Gasteiger partial charge in [0.2, 0.25) is 0 Å². The smallest absolute Gasteiger partial charge is 0.0843 e. The minimum Gasteiger partial charge on any atom is -0.329 e. The highest BCUT2D eigenvalue weighted by molar-refractivity contribution is 9.13. The van der Waals surface area contributed by atoms with Crippen LogP contribution in [0.3, 0.4) is 0 Å². The first-order chi connectivity index (χ1) is 8.13. The van der Waals surface area contributed by atoms with Crippen molar-refractivity contribution in [1.82, 2.24) is 4.90 Å². The zero-order valence-electron chi connectivity index (χ0n) is 9.96. The number of hydrogen-bond acceptors (Lipinski definition) is 3. The van der Waals surface area contributed by atoms with E-state index in [2.05, 4.69) is 49.7 Å². The molecule has 96 valence electrons. The summed E-state index contributed by atoms with van der Waals surface area (Å²) in [4.78, 5) is 3.92. The Hall–Kier alpha value is 0.580. The highest BCUT2D eigenvalue weighted by Crippen LogP contribution is 2.38. The predicted molar refractivity (Wildman–Crippen MR) is 81.5 cm³/mol. The van der Waals surface area contributed by atoms with Crippen molar-refractivity contribution in [1.29, 1.82) is 0 Å². The number of thiophene rings is 1. The molecule has 0 spiro atoms. The summed E-state index contributed by atoms with van der Waals surface area (Å²) in [6, 6.07) is 3.22. The van der Waals surface area contributed by atoms with E-state index in [4.69, 9.17) is 5.73 Å². The summed E-state index contributed by atoms with van der Waals surface area (Å²) in [7, 11) is 0. The van der Waals surface area contributed by atoms with Gasteiger partial charge in [0.1, 0.15) is 0 Å². The maximum atomic E-state index is 5.99. The number of nitrogens with two attached hydrogens (primary N) is 1. The molecule has 0 saturated carbocycles. The van der Waals surface area contributed by atoms with E-state index >= 15 is 0 Å². The van der Waals surface area contributed by atoms with Crippen LogP contribution < -0.4 is 5.73 Å². The summed E-state index contributed by atoms with van der Waals surface area (Å²) in [5.74, 6) is 0. The van der Waals surface area contributed by atoms with Crippen molar-refractivity contribution in [3.63, 3.8) is 0 Å². The third-order valence-corrected chi connectivity index (χ3v) is 6.83. The highest BCUT2D eigenvalue weighted by atomic mass is 79.9. The van der Waals surface area contributed by atoms with Gasteiger partial charge in [-0.1, -0.05) is 6.42 Å². The third-order valence-electron chi connectivity index (χ3n) is 3.47. The van der Waals surface area contributed by atoms with Crippen molar-refractivity contribution in [2.75, 3.05) is 13.1 Å². The lowest BCUT2D eigenvalue weighted by molar-refractivity contribution is 0.110. The van der Waals surface area contributed by atoms with Crippen LogP contribution in [0.25, 0.3) is 0 Å². The van der Waals surface area contributed by atoms with Gasteiger partial charge in [0.05, 0.1) is 9.83 Å². The summed E-state index contributed by atoms with van der Waals surface area (Å²) < 4.78 is 2.30. The van der Waals surface area contributed by atoms with Crippen molar-refractivity contribution >= 4 is 43.2 Å². The van der Waals surface area contributed by atoms with E-state index in [9.17, 15) is 0 Å². The van der Waals surface area contributed by atoms with Crippen LogP contribution in [0, 0.1) is 0 Å². The van der Waals surface area contributed by atoms with Gasteiger partial charge < -0.3 is 5.73 Å². The van der Waals surface area contributed by atoms with Gasteiger partial charge in [-0.15, -0.1) is 11.3 Å². The quantitative estimate of drug-likeness (QED) is 0.852. The molecule has 2 unspecified atom stereocenters. The van der Waals surface area contributed by atoms with Gasteiger partial charge in [-0.05, 0) is 64.2 Å². The van der Waals surface area contributed by atoms with E-state index in [1.165, 1.54) is 30.7 Å². The summed E-state index contributed by atoms with van der Waals surface area (Å²) in [5, 5.41) is 0. The Morgan fingerprint density at radius 3 is 2.82 bits per heavy atom. The van der Waals surface area contributed by atoms with E-state index in [-0.39, 0.29) is 0 Å². The van der Waals surface area contributed by atoms with E-state index < -0.39 is 0 Å². The Balaban J connectivity index is 2.20. The molecule has 2 N–H and O–H groups in total. The van der Waals surface area contributed by atoms with E-state index in [1.807, 2.05) is 0 Å².